The molecule has 56 heavy (non-hydrogen) atoms. The van der Waals surface area contributed by atoms with Crippen molar-refractivity contribution in [3.05, 3.63) is 222 Å². The van der Waals surface area contributed by atoms with Gasteiger partial charge in [0.25, 0.3) is 0 Å². The molecule has 0 aliphatic heterocycles. The fourth-order valence-corrected chi connectivity index (χ4v) is 9.29. The van der Waals surface area contributed by atoms with Crippen LogP contribution in [0.15, 0.2) is 200 Å². The Hall–Kier alpha value is -7.02. The number of hydrogen-bond donors (Lipinski definition) is 0. The van der Waals surface area contributed by atoms with E-state index in [4.69, 9.17) is 0 Å². The molecule has 3 aliphatic carbocycles. The summed E-state index contributed by atoms with van der Waals surface area (Å²) in [6.45, 7) is 0. The van der Waals surface area contributed by atoms with Gasteiger partial charge in [0, 0.05) is 11.8 Å². The minimum absolute atomic E-state index is 0.00570. The second-order valence-corrected chi connectivity index (χ2v) is 15.0. The molecule has 2 unspecified atom stereocenters. The van der Waals surface area contributed by atoms with Crippen LogP contribution in [0.1, 0.15) is 37.8 Å². The average Bonchev–Trinajstić information content (AvgIpc) is 3.31. The first kappa shape index (κ1) is 25.1. The molecule has 0 amide bonds. The predicted octanol–water partition coefficient (Wildman–Crippen LogP) is 15.0. The first-order chi connectivity index (χ1) is 30.7. The van der Waals surface area contributed by atoms with Gasteiger partial charge in [-0.15, -0.1) is 0 Å². The lowest BCUT2D eigenvalue weighted by Gasteiger charge is -2.36. The van der Waals surface area contributed by atoms with Crippen molar-refractivity contribution in [3.8, 4) is 44.5 Å². The van der Waals surface area contributed by atoms with Gasteiger partial charge in [0.2, 0.25) is 0 Å². The van der Waals surface area contributed by atoms with Gasteiger partial charge < -0.3 is 0 Å². The smallest absolute Gasteiger partial charge is 0.0636 e. The lowest BCUT2D eigenvalue weighted by Crippen LogP contribution is -2.21. The third-order valence-electron chi connectivity index (χ3n) is 11.9. The lowest BCUT2D eigenvalue weighted by atomic mass is 9.67. The van der Waals surface area contributed by atoms with Crippen LogP contribution in [0.25, 0.3) is 94.6 Å². The third-order valence-corrected chi connectivity index (χ3v) is 11.9. The Bertz CT molecular complexity index is 3580. The molecule has 3 aliphatic rings. The van der Waals surface area contributed by atoms with Crippen molar-refractivity contribution >= 4 is 50.0 Å². The fraction of sp³-hybridized carbons (Fsp3) is 0.0357. The molecule has 0 saturated heterocycles. The molecule has 12 rings (SSSR count). The zero-order chi connectivity index (χ0) is 42.8. The Balaban J connectivity index is 1.17. The Labute approximate surface area is 336 Å². The van der Waals surface area contributed by atoms with E-state index < -0.39 is 6.04 Å². The van der Waals surface area contributed by atoms with Crippen LogP contribution < -0.4 is 0 Å². The van der Waals surface area contributed by atoms with E-state index in [9.17, 15) is 9.60 Å². The van der Waals surface area contributed by atoms with Crippen molar-refractivity contribution in [2.45, 2.75) is 5.92 Å². The molecule has 9 aromatic rings. The highest BCUT2D eigenvalue weighted by molar-refractivity contribution is 6.25. The van der Waals surface area contributed by atoms with Crippen molar-refractivity contribution in [2.75, 3.05) is 0 Å². The van der Waals surface area contributed by atoms with E-state index in [1.807, 2.05) is 84.9 Å². The quantitative estimate of drug-likeness (QED) is 0.156. The molecule has 0 N–H and O–H groups in total. The molecule has 2 atom stereocenters. The van der Waals surface area contributed by atoms with Gasteiger partial charge in [0.1, 0.15) is 0 Å². The Morgan fingerprint density at radius 1 is 0.429 bits per heavy atom. The molecule has 0 saturated carbocycles. The topological polar surface area (TPSA) is 0 Å². The summed E-state index contributed by atoms with van der Waals surface area (Å²) in [6.07, 6.45) is 12.5. The molecule has 9 aromatic carbocycles. The summed E-state index contributed by atoms with van der Waals surface area (Å²) in [5, 5.41) is 6.15. The van der Waals surface area contributed by atoms with Gasteiger partial charge in [-0.05, 0) is 140 Å². The molecule has 0 radical (unpaired) electrons. The molecule has 0 aromatic heterocycles. The largest absolute Gasteiger partial charge is 0.0761 e. The summed E-state index contributed by atoms with van der Waals surface area (Å²) in [5.41, 5.74) is 8.76. The van der Waals surface area contributed by atoms with Crippen molar-refractivity contribution in [1.82, 2.24) is 0 Å². The lowest BCUT2D eigenvalue weighted by molar-refractivity contribution is 0.667. The summed E-state index contributed by atoms with van der Waals surface area (Å²) >= 11 is 0. The van der Waals surface area contributed by atoms with E-state index in [2.05, 4.69) is 78.9 Å². The maximum Gasteiger partial charge on any atom is 0.0636 e. The summed E-state index contributed by atoms with van der Waals surface area (Å²) in [6, 6.07) is 40.8. The number of allylic oxidation sites excluding steroid dienone is 6. The van der Waals surface area contributed by atoms with Crippen LogP contribution in [0.4, 0.5) is 0 Å². The zero-order valence-electron chi connectivity index (χ0n) is 37.2. The molecule has 0 fully saturated rings. The van der Waals surface area contributed by atoms with Crippen LogP contribution in [-0.4, -0.2) is 0 Å². The van der Waals surface area contributed by atoms with Crippen molar-refractivity contribution in [1.29, 1.82) is 0 Å². The number of benzene rings is 9. The molecule has 0 heteroatoms. The van der Waals surface area contributed by atoms with E-state index >= 15 is 0 Å². The highest BCUT2D eigenvalue weighted by Gasteiger charge is 2.34. The van der Waals surface area contributed by atoms with Gasteiger partial charge in [-0.2, -0.15) is 0 Å². The molecule has 0 spiro atoms. The maximum atomic E-state index is 10.1. The van der Waals surface area contributed by atoms with E-state index in [-0.39, 0.29) is 75.9 Å². The van der Waals surface area contributed by atoms with Gasteiger partial charge in [-0.25, -0.2) is 0 Å². The SMILES string of the molecule is [2H]c1c([2H])c(C2=C3C=Cc4cccc5c4C3C(C=C2)C=C5)c([2H])c(-c2c([2H])c(-c3cccc(-c4ccccc4)c3)c([2H])c(-c3ccc4ccc5cccc6ccc3c4c56)c2[2H])c1[2H]. The third kappa shape index (κ3) is 4.86. The van der Waals surface area contributed by atoms with Gasteiger partial charge in [0.05, 0.1) is 9.60 Å². The van der Waals surface area contributed by atoms with Crippen molar-refractivity contribution < 1.29 is 9.60 Å². The average molecular weight is 716 g/mol. The van der Waals surface area contributed by atoms with E-state index in [1.54, 1.807) is 0 Å². The number of rotatable bonds is 5. The monoisotopic (exact) mass is 715 g/mol. The second kappa shape index (κ2) is 12.2. The van der Waals surface area contributed by atoms with Gasteiger partial charge >= 0.3 is 0 Å². The molecule has 0 heterocycles. The van der Waals surface area contributed by atoms with Crippen molar-refractivity contribution in [3.63, 3.8) is 0 Å². The number of hydrogen-bond acceptors (Lipinski definition) is 0. The minimum Gasteiger partial charge on any atom is -0.0761 e. The van der Waals surface area contributed by atoms with Gasteiger partial charge in [-0.1, -0.05) is 176 Å². The highest BCUT2D eigenvalue weighted by atomic mass is 14.4. The van der Waals surface area contributed by atoms with Crippen LogP contribution in [0.5, 0.6) is 0 Å². The Morgan fingerprint density at radius 3 is 1.91 bits per heavy atom. The van der Waals surface area contributed by atoms with Crippen molar-refractivity contribution in [2.24, 2.45) is 5.92 Å². The standard InChI is InChI=1S/C56H36/c1-2-8-35(9-3-1)42-14-6-15-43(30-42)46-32-47(34-48(33-46)50-27-23-41-21-19-37-11-5-13-39-25-29-52(50)56(41)54(37)39)44-16-7-17-45(31-44)49-26-22-40-20-18-36-10-4-12-38-24-28-51(49)55(40)53(36)38/h1-34,40,55H/i7D,16D,17D,31D,32D,33D,34D. The molecular formula is C56H36. The highest BCUT2D eigenvalue weighted by Crippen LogP contribution is 2.50. The molecular weight excluding hydrogens is 673 g/mol. The van der Waals surface area contributed by atoms with Crippen LogP contribution >= 0.6 is 0 Å². The predicted molar refractivity (Wildman–Crippen MR) is 239 cm³/mol. The second-order valence-electron chi connectivity index (χ2n) is 15.0. The summed E-state index contributed by atoms with van der Waals surface area (Å²) < 4.78 is 68.4. The Morgan fingerprint density at radius 2 is 1.05 bits per heavy atom. The van der Waals surface area contributed by atoms with Gasteiger partial charge in [0.15, 0.2) is 0 Å². The van der Waals surface area contributed by atoms with Crippen LogP contribution in [-0.2, 0) is 0 Å². The van der Waals surface area contributed by atoms with E-state index in [1.165, 1.54) is 5.56 Å². The molecule has 260 valence electrons. The normalized spacial score (nSPS) is 18.4. The van der Waals surface area contributed by atoms with E-state index in [0.29, 0.717) is 16.7 Å². The van der Waals surface area contributed by atoms with Crippen LogP contribution in [0.2, 0.25) is 0 Å². The summed E-state index contributed by atoms with van der Waals surface area (Å²) in [5.74, 6) is 0.0198. The fourth-order valence-electron chi connectivity index (χ4n) is 9.29. The van der Waals surface area contributed by atoms with E-state index in [0.717, 1.165) is 60.1 Å². The molecule has 0 nitrogen and oxygen atoms in total. The maximum absolute atomic E-state index is 10.1. The summed E-state index contributed by atoms with van der Waals surface area (Å²) in [4.78, 5) is 0. The van der Waals surface area contributed by atoms with Gasteiger partial charge in [-0.3, -0.25) is 0 Å². The van der Waals surface area contributed by atoms with Crippen LogP contribution in [0, 0.1) is 5.92 Å². The van der Waals surface area contributed by atoms with Crippen LogP contribution in [0.3, 0.4) is 0 Å². The molecule has 0 bridgehead atoms. The summed E-state index contributed by atoms with van der Waals surface area (Å²) in [7, 11) is 0. The zero-order valence-corrected chi connectivity index (χ0v) is 30.2. The Kier molecular flexibility index (Phi) is 5.50. The first-order valence-corrected chi connectivity index (χ1v) is 19.2. The first-order valence-electron chi connectivity index (χ1n) is 22.7. The minimum atomic E-state index is -0.394.